The molecule has 1 aromatic heterocycles. The van der Waals surface area contributed by atoms with E-state index >= 15 is 0 Å². The van der Waals surface area contributed by atoms with Crippen molar-refractivity contribution in [2.75, 3.05) is 44.4 Å². The number of hydrogen-bond donors (Lipinski definition) is 1. The summed E-state index contributed by atoms with van der Waals surface area (Å²) in [6, 6.07) is 9.48. The molecule has 0 bridgehead atoms. The van der Waals surface area contributed by atoms with E-state index in [1.54, 1.807) is 6.20 Å². The summed E-state index contributed by atoms with van der Waals surface area (Å²) in [5.41, 5.74) is 2.29. The smallest absolute Gasteiger partial charge is 0.270 e. The highest BCUT2D eigenvalue weighted by atomic mass is 16.5. The number of nitrogens with zero attached hydrogens (tertiary/aromatic N) is 2. The summed E-state index contributed by atoms with van der Waals surface area (Å²) in [5, 5.41) is 2.94. The van der Waals surface area contributed by atoms with E-state index in [4.69, 9.17) is 14.2 Å². The van der Waals surface area contributed by atoms with Gasteiger partial charge in [-0.25, -0.2) is 0 Å². The molecule has 7 heteroatoms. The number of nitrogens with one attached hydrogen (secondary N) is 1. The summed E-state index contributed by atoms with van der Waals surface area (Å²) in [5.74, 6) is 1.23. The van der Waals surface area contributed by atoms with E-state index < -0.39 is 0 Å². The number of carbonyl (C=O) groups excluding carboxylic acids is 1. The number of amides is 1. The standard InChI is InChI=1S/C20H23N3O4/c24-20(17-13-16(5-6-21-17)23-7-11-25-12-8-23)22-14-15-3-1-4-18-19(15)27-10-2-9-26-18/h1,3-6,13H,2,7-12,14H2,(H,22,24). The molecule has 4 rings (SSSR count). The van der Waals surface area contributed by atoms with Gasteiger partial charge in [-0.2, -0.15) is 0 Å². The number of benzene rings is 1. The summed E-state index contributed by atoms with van der Waals surface area (Å²) < 4.78 is 16.9. The Bertz CT molecular complexity index is 806. The topological polar surface area (TPSA) is 72.9 Å². The zero-order valence-electron chi connectivity index (χ0n) is 15.1. The van der Waals surface area contributed by atoms with Gasteiger partial charge in [0, 0.05) is 43.5 Å². The molecule has 7 nitrogen and oxygen atoms in total. The Balaban J connectivity index is 1.44. The van der Waals surface area contributed by atoms with Crippen LogP contribution < -0.4 is 19.7 Å². The number of fused-ring (bicyclic) bond motifs is 1. The monoisotopic (exact) mass is 369 g/mol. The fourth-order valence-corrected chi connectivity index (χ4v) is 3.22. The summed E-state index contributed by atoms with van der Waals surface area (Å²) in [7, 11) is 0. The quantitative estimate of drug-likeness (QED) is 0.889. The molecule has 1 aromatic carbocycles. The lowest BCUT2D eigenvalue weighted by atomic mass is 10.1. The van der Waals surface area contributed by atoms with Crippen molar-refractivity contribution in [3.8, 4) is 11.5 Å². The van der Waals surface area contributed by atoms with Gasteiger partial charge in [0.1, 0.15) is 5.69 Å². The van der Waals surface area contributed by atoms with Crippen molar-refractivity contribution in [3.63, 3.8) is 0 Å². The number of pyridine rings is 1. The SMILES string of the molecule is O=C(NCc1cccc2c1OCCCO2)c1cc(N2CCOCC2)ccn1. The van der Waals surface area contributed by atoms with Crippen LogP contribution in [0.15, 0.2) is 36.5 Å². The molecule has 2 aromatic rings. The average Bonchev–Trinajstić information content (AvgIpc) is 2.99. The minimum atomic E-state index is -0.211. The molecule has 0 unspecified atom stereocenters. The van der Waals surface area contributed by atoms with Crippen molar-refractivity contribution >= 4 is 11.6 Å². The van der Waals surface area contributed by atoms with Gasteiger partial charge in [0.25, 0.3) is 5.91 Å². The van der Waals surface area contributed by atoms with E-state index in [1.807, 2.05) is 30.3 Å². The zero-order chi connectivity index (χ0) is 18.5. The van der Waals surface area contributed by atoms with E-state index in [0.29, 0.717) is 44.4 Å². The number of morpholine rings is 1. The fourth-order valence-electron chi connectivity index (χ4n) is 3.22. The number of ether oxygens (including phenoxy) is 3. The van der Waals surface area contributed by atoms with Gasteiger partial charge in [0.05, 0.1) is 26.4 Å². The van der Waals surface area contributed by atoms with E-state index in [1.165, 1.54) is 0 Å². The lowest BCUT2D eigenvalue weighted by molar-refractivity contribution is 0.0945. The summed E-state index contributed by atoms with van der Waals surface area (Å²) >= 11 is 0. The van der Waals surface area contributed by atoms with E-state index in [2.05, 4.69) is 15.2 Å². The lowest BCUT2D eigenvalue weighted by Gasteiger charge is -2.28. The molecule has 0 atom stereocenters. The Hall–Kier alpha value is -2.80. The number of para-hydroxylation sites is 1. The first-order valence-corrected chi connectivity index (χ1v) is 9.26. The zero-order valence-corrected chi connectivity index (χ0v) is 15.1. The number of rotatable bonds is 4. The Morgan fingerprint density at radius 2 is 1.96 bits per heavy atom. The second-order valence-corrected chi connectivity index (χ2v) is 6.48. The highest BCUT2D eigenvalue weighted by Gasteiger charge is 2.17. The molecule has 1 fully saturated rings. The first-order valence-electron chi connectivity index (χ1n) is 9.26. The lowest BCUT2D eigenvalue weighted by Crippen LogP contribution is -2.36. The van der Waals surface area contributed by atoms with Crippen LogP contribution in [0.3, 0.4) is 0 Å². The van der Waals surface area contributed by atoms with Gasteiger partial charge >= 0.3 is 0 Å². The third kappa shape index (κ3) is 4.14. The molecule has 0 aliphatic carbocycles. The molecule has 142 valence electrons. The van der Waals surface area contributed by atoms with Gasteiger partial charge in [0.15, 0.2) is 11.5 Å². The predicted octanol–water partition coefficient (Wildman–Crippen LogP) is 2.01. The van der Waals surface area contributed by atoms with Crippen molar-refractivity contribution in [3.05, 3.63) is 47.8 Å². The predicted molar refractivity (Wildman–Crippen MR) is 100 cm³/mol. The van der Waals surface area contributed by atoms with Crippen molar-refractivity contribution in [2.45, 2.75) is 13.0 Å². The van der Waals surface area contributed by atoms with Crippen LogP contribution in [0.1, 0.15) is 22.5 Å². The number of carbonyl (C=O) groups is 1. The van der Waals surface area contributed by atoms with Crippen molar-refractivity contribution in [1.29, 1.82) is 0 Å². The van der Waals surface area contributed by atoms with E-state index in [-0.39, 0.29) is 5.91 Å². The second-order valence-electron chi connectivity index (χ2n) is 6.48. The van der Waals surface area contributed by atoms with Crippen LogP contribution in [0.5, 0.6) is 11.5 Å². The Morgan fingerprint density at radius 1 is 1.11 bits per heavy atom. The minimum Gasteiger partial charge on any atom is -0.490 e. The Morgan fingerprint density at radius 3 is 2.85 bits per heavy atom. The van der Waals surface area contributed by atoms with Gasteiger partial charge in [-0.3, -0.25) is 9.78 Å². The van der Waals surface area contributed by atoms with E-state index in [9.17, 15) is 4.79 Å². The molecule has 27 heavy (non-hydrogen) atoms. The fraction of sp³-hybridized carbons (Fsp3) is 0.400. The molecule has 1 amide bonds. The van der Waals surface area contributed by atoms with E-state index in [0.717, 1.165) is 36.5 Å². The van der Waals surface area contributed by atoms with Gasteiger partial charge in [-0.1, -0.05) is 12.1 Å². The second kappa shape index (κ2) is 8.26. The van der Waals surface area contributed by atoms with Gasteiger partial charge in [0.2, 0.25) is 0 Å². The summed E-state index contributed by atoms with van der Waals surface area (Å²) in [4.78, 5) is 19.0. The normalized spacial score (nSPS) is 16.5. The number of hydrogen-bond acceptors (Lipinski definition) is 6. The maximum Gasteiger partial charge on any atom is 0.270 e. The average molecular weight is 369 g/mol. The van der Waals surface area contributed by atoms with Crippen LogP contribution in [0.2, 0.25) is 0 Å². The highest BCUT2D eigenvalue weighted by molar-refractivity contribution is 5.93. The Kier molecular flexibility index (Phi) is 5.39. The number of anilines is 1. The minimum absolute atomic E-state index is 0.211. The van der Waals surface area contributed by atoms with Crippen molar-refractivity contribution in [2.24, 2.45) is 0 Å². The maximum absolute atomic E-state index is 12.6. The summed E-state index contributed by atoms with van der Waals surface area (Å²) in [6.45, 7) is 4.64. The van der Waals surface area contributed by atoms with Gasteiger partial charge in [-0.15, -0.1) is 0 Å². The highest BCUT2D eigenvalue weighted by Crippen LogP contribution is 2.33. The first kappa shape index (κ1) is 17.6. The molecule has 2 aliphatic heterocycles. The molecule has 0 saturated carbocycles. The van der Waals surface area contributed by atoms with Crippen LogP contribution >= 0.6 is 0 Å². The van der Waals surface area contributed by atoms with Crippen LogP contribution in [0, 0.1) is 0 Å². The van der Waals surface area contributed by atoms with Crippen molar-refractivity contribution < 1.29 is 19.0 Å². The molecule has 0 spiro atoms. The third-order valence-electron chi connectivity index (χ3n) is 4.64. The Labute approximate surface area is 158 Å². The third-order valence-corrected chi connectivity index (χ3v) is 4.64. The molecule has 1 saturated heterocycles. The molecule has 3 heterocycles. The van der Waals surface area contributed by atoms with Gasteiger partial charge in [-0.05, 0) is 18.2 Å². The number of aromatic nitrogens is 1. The molecule has 0 radical (unpaired) electrons. The first-order chi connectivity index (χ1) is 13.3. The molecule has 1 N–H and O–H groups in total. The summed E-state index contributed by atoms with van der Waals surface area (Å²) in [6.07, 6.45) is 2.52. The van der Waals surface area contributed by atoms with Crippen molar-refractivity contribution in [1.82, 2.24) is 10.3 Å². The van der Waals surface area contributed by atoms with Crippen LogP contribution in [-0.2, 0) is 11.3 Å². The van der Waals surface area contributed by atoms with Crippen LogP contribution in [-0.4, -0.2) is 50.4 Å². The van der Waals surface area contributed by atoms with Crippen LogP contribution in [0.25, 0.3) is 0 Å². The van der Waals surface area contributed by atoms with Crippen LogP contribution in [0.4, 0.5) is 5.69 Å². The largest absolute Gasteiger partial charge is 0.490 e. The molecular weight excluding hydrogens is 346 g/mol. The molecule has 2 aliphatic rings. The van der Waals surface area contributed by atoms with Gasteiger partial charge < -0.3 is 24.4 Å². The maximum atomic E-state index is 12.6. The molecular formula is C20H23N3O4.